The van der Waals surface area contributed by atoms with Crippen molar-refractivity contribution in [3.8, 4) is 0 Å². The molecule has 1 saturated heterocycles. The molecule has 0 aromatic heterocycles. The van der Waals surface area contributed by atoms with E-state index in [4.69, 9.17) is 4.74 Å². The first-order valence-electron chi connectivity index (χ1n) is 10.2. The number of halogens is 1. The Balaban J connectivity index is 0.00000625. The summed E-state index contributed by atoms with van der Waals surface area (Å²) in [6.07, 6.45) is 4.80. The Morgan fingerprint density at radius 3 is 2.46 bits per heavy atom. The van der Waals surface area contributed by atoms with E-state index in [0.29, 0.717) is 6.04 Å². The Morgan fingerprint density at radius 2 is 1.85 bits per heavy atom. The average Bonchev–Trinajstić information content (AvgIpc) is 2.65. The number of morpholine rings is 1. The van der Waals surface area contributed by atoms with Gasteiger partial charge in [0.15, 0.2) is 5.96 Å². The van der Waals surface area contributed by atoms with Gasteiger partial charge in [0.2, 0.25) is 0 Å². The van der Waals surface area contributed by atoms with Gasteiger partial charge in [-0.25, -0.2) is 0 Å². The van der Waals surface area contributed by atoms with E-state index in [-0.39, 0.29) is 24.0 Å². The number of nitrogens with one attached hydrogen (secondary N) is 2. The van der Waals surface area contributed by atoms with Gasteiger partial charge in [-0.1, -0.05) is 13.8 Å². The van der Waals surface area contributed by atoms with E-state index in [1.54, 1.807) is 0 Å². The average molecular weight is 483 g/mol. The summed E-state index contributed by atoms with van der Waals surface area (Å²) >= 11 is 0. The quantitative estimate of drug-likeness (QED) is 0.193. The van der Waals surface area contributed by atoms with E-state index in [2.05, 4.69) is 46.2 Å². The van der Waals surface area contributed by atoms with E-state index in [1.165, 1.54) is 38.8 Å². The zero-order valence-electron chi connectivity index (χ0n) is 17.4. The molecule has 26 heavy (non-hydrogen) atoms. The molecular weight excluding hydrogens is 441 g/mol. The first-order chi connectivity index (χ1) is 12.2. The fourth-order valence-corrected chi connectivity index (χ4v) is 3.15. The minimum absolute atomic E-state index is 0. The lowest BCUT2D eigenvalue weighted by Gasteiger charge is -2.26. The van der Waals surface area contributed by atoms with Crippen LogP contribution in [-0.4, -0.2) is 87.9 Å². The van der Waals surface area contributed by atoms with Crippen molar-refractivity contribution in [1.29, 1.82) is 0 Å². The number of nitrogens with zero attached hydrogens (tertiary/aromatic N) is 3. The second-order valence-corrected chi connectivity index (χ2v) is 6.87. The Labute approximate surface area is 178 Å². The molecule has 1 fully saturated rings. The van der Waals surface area contributed by atoms with E-state index in [0.717, 1.165) is 51.9 Å². The molecule has 1 atom stereocenters. The molecule has 6 nitrogen and oxygen atoms in total. The highest BCUT2D eigenvalue weighted by molar-refractivity contribution is 14.0. The van der Waals surface area contributed by atoms with E-state index in [9.17, 15) is 0 Å². The third-order valence-electron chi connectivity index (χ3n) is 4.91. The zero-order chi connectivity index (χ0) is 18.3. The van der Waals surface area contributed by atoms with Gasteiger partial charge < -0.3 is 20.3 Å². The van der Waals surface area contributed by atoms with Crippen LogP contribution in [0.4, 0.5) is 0 Å². The van der Waals surface area contributed by atoms with E-state index >= 15 is 0 Å². The molecular formula is C19H42IN5O. The predicted octanol–water partition coefficient (Wildman–Crippen LogP) is 2.39. The van der Waals surface area contributed by atoms with Crippen molar-refractivity contribution in [2.75, 3.05) is 66.1 Å². The summed E-state index contributed by atoms with van der Waals surface area (Å²) in [5.74, 6) is 0.932. The molecule has 1 aliphatic heterocycles. The smallest absolute Gasteiger partial charge is 0.191 e. The van der Waals surface area contributed by atoms with Crippen molar-refractivity contribution in [3.63, 3.8) is 0 Å². The Bertz CT molecular complexity index is 347. The van der Waals surface area contributed by atoms with Gasteiger partial charge in [0.25, 0.3) is 0 Å². The van der Waals surface area contributed by atoms with Gasteiger partial charge in [-0.05, 0) is 58.8 Å². The van der Waals surface area contributed by atoms with Gasteiger partial charge in [0.1, 0.15) is 0 Å². The van der Waals surface area contributed by atoms with Crippen LogP contribution in [0.2, 0.25) is 0 Å². The molecule has 0 spiro atoms. The van der Waals surface area contributed by atoms with Gasteiger partial charge in [0, 0.05) is 32.7 Å². The van der Waals surface area contributed by atoms with Crippen LogP contribution in [0.5, 0.6) is 0 Å². The van der Waals surface area contributed by atoms with Crippen LogP contribution in [0.3, 0.4) is 0 Å². The molecule has 0 saturated carbocycles. The summed E-state index contributed by atoms with van der Waals surface area (Å²) in [6.45, 7) is 16.3. The highest BCUT2D eigenvalue weighted by Gasteiger charge is 2.09. The highest BCUT2D eigenvalue weighted by atomic mass is 127. The van der Waals surface area contributed by atoms with Gasteiger partial charge in [0.05, 0.1) is 13.2 Å². The molecule has 1 heterocycles. The van der Waals surface area contributed by atoms with Crippen LogP contribution in [0.25, 0.3) is 0 Å². The SMILES string of the molecule is CCN(CC)CCCC(C)NC(=NC)NCCCCN1CCOCC1.I. The van der Waals surface area contributed by atoms with Crippen molar-refractivity contribution in [3.05, 3.63) is 0 Å². The van der Waals surface area contributed by atoms with Crippen molar-refractivity contribution in [2.24, 2.45) is 4.99 Å². The molecule has 0 aliphatic carbocycles. The molecule has 0 aromatic rings. The molecule has 2 N–H and O–H groups in total. The van der Waals surface area contributed by atoms with Crippen LogP contribution >= 0.6 is 24.0 Å². The largest absolute Gasteiger partial charge is 0.379 e. The molecule has 0 radical (unpaired) electrons. The number of ether oxygens (including phenoxy) is 1. The highest BCUT2D eigenvalue weighted by Crippen LogP contribution is 2.01. The molecule has 156 valence electrons. The summed E-state index contributed by atoms with van der Waals surface area (Å²) in [7, 11) is 1.85. The summed E-state index contributed by atoms with van der Waals surface area (Å²) in [6, 6.07) is 0.454. The van der Waals surface area contributed by atoms with Crippen molar-refractivity contribution in [1.82, 2.24) is 20.4 Å². The number of hydrogen-bond acceptors (Lipinski definition) is 4. The Morgan fingerprint density at radius 1 is 1.15 bits per heavy atom. The molecule has 1 unspecified atom stereocenters. The van der Waals surface area contributed by atoms with Crippen molar-refractivity contribution >= 4 is 29.9 Å². The third-order valence-corrected chi connectivity index (χ3v) is 4.91. The maximum Gasteiger partial charge on any atom is 0.191 e. The summed E-state index contributed by atoms with van der Waals surface area (Å²) in [4.78, 5) is 9.32. The van der Waals surface area contributed by atoms with Crippen LogP contribution in [-0.2, 0) is 4.74 Å². The fourth-order valence-electron chi connectivity index (χ4n) is 3.15. The minimum atomic E-state index is 0. The number of guanidine groups is 1. The molecule has 1 rings (SSSR count). The summed E-state index contributed by atoms with van der Waals surface area (Å²) < 4.78 is 5.38. The van der Waals surface area contributed by atoms with Crippen LogP contribution < -0.4 is 10.6 Å². The second kappa shape index (κ2) is 17.0. The van der Waals surface area contributed by atoms with Crippen LogP contribution in [0.15, 0.2) is 4.99 Å². The van der Waals surface area contributed by atoms with Crippen LogP contribution in [0, 0.1) is 0 Å². The lowest BCUT2D eigenvalue weighted by Crippen LogP contribution is -2.43. The second-order valence-electron chi connectivity index (χ2n) is 6.87. The monoisotopic (exact) mass is 483 g/mol. The first kappa shape index (κ1) is 25.9. The maximum absolute atomic E-state index is 5.38. The molecule has 7 heteroatoms. The van der Waals surface area contributed by atoms with Gasteiger partial charge in [-0.15, -0.1) is 24.0 Å². The lowest BCUT2D eigenvalue weighted by atomic mass is 10.2. The predicted molar refractivity (Wildman–Crippen MR) is 123 cm³/mol. The van der Waals surface area contributed by atoms with Gasteiger partial charge >= 0.3 is 0 Å². The number of rotatable bonds is 12. The van der Waals surface area contributed by atoms with E-state index in [1.807, 2.05) is 7.05 Å². The number of unbranched alkanes of at least 4 members (excludes halogenated alkanes) is 1. The zero-order valence-corrected chi connectivity index (χ0v) is 19.8. The number of hydrogen-bond donors (Lipinski definition) is 2. The minimum Gasteiger partial charge on any atom is -0.379 e. The topological polar surface area (TPSA) is 52.1 Å². The van der Waals surface area contributed by atoms with E-state index < -0.39 is 0 Å². The standard InChI is InChI=1S/C19H41N5O.HI/c1-5-23(6-2)13-9-10-18(3)22-19(20-4)21-11-7-8-12-24-14-16-25-17-15-24;/h18H,5-17H2,1-4H3,(H2,20,21,22);1H. The lowest BCUT2D eigenvalue weighted by molar-refractivity contribution is 0.0372. The maximum atomic E-state index is 5.38. The normalized spacial score (nSPS) is 17.0. The van der Waals surface area contributed by atoms with Crippen molar-refractivity contribution in [2.45, 2.75) is 52.5 Å². The van der Waals surface area contributed by atoms with Gasteiger partial charge in [-0.3, -0.25) is 9.89 Å². The Kier molecular flexibility index (Phi) is 16.9. The van der Waals surface area contributed by atoms with Crippen molar-refractivity contribution < 1.29 is 4.74 Å². The molecule has 0 bridgehead atoms. The molecule has 1 aliphatic rings. The summed E-state index contributed by atoms with van der Waals surface area (Å²) in [5, 5.41) is 6.95. The van der Waals surface area contributed by atoms with Crippen LogP contribution in [0.1, 0.15) is 46.5 Å². The van der Waals surface area contributed by atoms with Gasteiger partial charge in [-0.2, -0.15) is 0 Å². The fraction of sp³-hybridized carbons (Fsp3) is 0.947. The third kappa shape index (κ3) is 12.3. The molecule has 0 amide bonds. The summed E-state index contributed by atoms with van der Waals surface area (Å²) in [5.41, 5.74) is 0. The first-order valence-corrected chi connectivity index (χ1v) is 10.2. The Hall–Kier alpha value is -0.120. The number of aliphatic imine (C=N–C) groups is 1. The molecule has 0 aromatic carbocycles.